The third-order valence-electron chi connectivity index (χ3n) is 2.56. The third-order valence-corrected chi connectivity index (χ3v) is 4.36. The molecule has 1 saturated carbocycles. The summed E-state index contributed by atoms with van der Waals surface area (Å²) in [5, 5.41) is 3.39. The lowest BCUT2D eigenvalue weighted by Gasteiger charge is -2.19. The van der Waals surface area contributed by atoms with E-state index in [4.69, 9.17) is 11.6 Å². The van der Waals surface area contributed by atoms with Gasteiger partial charge in [0.1, 0.15) is 0 Å². The molecule has 0 radical (unpaired) electrons. The molecule has 0 aromatic heterocycles. The van der Waals surface area contributed by atoms with Crippen molar-refractivity contribution >= 4 is 21.4 Å². The first-order chi connectivity index (χ1) is 6.41. The van der Waals surface area contributed by atoms with E-state index in [2.05, 4.69) is 11.9 Å². The van der Waals surface area contributed by atoms with Gasteiger partial charge in [0.2, 0.25) is 0 Å². The van der Waals surface area contributed by atoms with Crippen LogP contribution in [0, 0.1) is 0 Å². The zero-order valence-corrected chi connectivity index (χ0v) is 9.87. The summed E-state index contributed by atoms with van der Waals surface area (Å²) in [7, 11) is -2.93. The lowest BCUT2D eigenvalue weighted by molar-refractivity contribution is 0.527. The fourth-order valence-electron chi connectivity index (χ4n) is 1.91. The second-order valence-electron chi connectivity index (χ2n) is 3.80. The molecule has 1 aliphatic rings. The molecule has 5 heteroatoms. The molecule has 0 heterocycles. The summed E-state index contributed by atoms with van der Waals surface area (Å²) in [6, 6.07) is 0.0421. The molecule has 82 valence electrons. The average molecular weight is 238 g/mol. The van der Waals surface area contributed by atoms with Crippen LogP contribution in [0.5, 0.6) is 0 Å². The van der Waals surface area contributed by atoms with Gasteiger partial charge in [0, 0.05) is 23.9 Å². The highest BCUT2D eigenvalue weighted by Gasteiger charge is 2.34. The number of hydrogen-bond donors (Lipinski definition) is 1. The summed E-state index contributed by atoms with van der Waals surface area (Å²) in [6.45, 7) is 4.04. The van der Waals surface area contributed by atoms with Gasteiger partial charge in [0.05, 0.1) is 5.25 Å². The van der Waals surface area contributed by atoms with Crippen LogP contribution >= 0.6 is 11.6 Å². The summed E-state index contributed by atoms with van der Waals surface area (Å²) in [5.74, 6) is 0. The number of rotatable bonds is 4. The lowest BCUT2D eigenvalue weighted by Crippen LogP contribution is -2.40. The summed E-state index contributed by atoms with van der Waals surface area (Å²) in [4.78, 5) is 0. The Morgan fingerprint density at radius 2 is 2.21 bits per heavy atom. The van der Waals surface area contributed by atoms with Gasteiger partial charge in [-0.2, -0.15) is 0 Å². The van der Waals surface area contributed by atoms with Gasteiger partial charge in [-0.05, 0) is 12.8 Å². The number of nitrogens with one attached hydrogen (secondary N) is 1. The molecule has 0 spiro atoms. The van der Waals surface area contributed by atoms with Gasteiger partial charge >= 0.3 is 0 Å². The van der Waals surface area contributed by atoms with Gasteiger partial charge in [-0.25, -0.2) is 8.42 Å². The van der Waals surface area contributed by atoms with E-state index in [1.165, 1.54) is 6.26 Å². The second-order valence-corrected chi connectivity index (χ2v) is 6.60. The molecule has 2 atom stereocenters. The smallest absolute Gasteiger partial charge is 0.151 e. The lowest BCUT2D eigenvalue weighted by atomic mass is 10.2. The van der Waals surface area contributed by atoms with Crippen LogP contribution in [-0.2, 0) is 9.84 Å². The summed E-state index contributed by atoms with van der Waals surface area (Å²) in [6.07, 6.45) is 3.92. The van der Waals surface area contributed by atoms with Crippen molar-refractivity contribution in [3.8, 4) is 0 Å². The molecule has 1 fully saturated rings. The van der Waals surface area contributed by atoms with Crippen LogP contribution < -0.4 is 5.32 Å². The van der Waals surface area contributed by atoms with Crippen LogP contribution in [0.3, 0.4) is 0 Å². The molecular formula is C9H16ClNO2S. The fourth-order valence-corrected chi connectivity index (χ4v) is 3.41. The molecule has 0 aromatic rings. The van der Waals surface area contributed by atoms with E-state index < -0.39 is 9.84 Å². The maximum absolute atomic E-state index is 11.4. The van der Waals surface area contributed by atoms with Crippen molar-refractivity contribution in [2.75, 3.05) is 12.8 Å². The first-order valence-electron chi connectivity index (χ1n) is 4.67. The molecule has 1 N–H and O–H groups in total. The molecule has 0 aliphatic heterocycles. The monoisotopic (exact) mass is 237 g/mol. The Morgan fingerprint density at radius 1 is 1.57 bits per heavy atom. The molecule has 1 rings (SSSR count). The maximum Gasteiger partial charge on any atom is 0.151 e. The Labute approximate surface area is 90.4 Å². The zero-order chi connectivity index (χ0) is 10.8. The molecule has 0 bridgehead atoms. The summed E-state index contributed by atoms with van der Waals surface area (Å²) in [5.41, 5.74) is 0. The Hall–Kier alpha value is -0.0600. The fraction of sp³-hybridized carbons (Fsp3) is 0.778. The minimum absolute atomic E-state index is 0.0421. The van der Waals surface area contributed by atoms with Crippen LogP contribution in [0.15, 0.2) is 11.6 Å². The van der Waals surface area contributed by atoms with Crippen LogP contribution in [0.25, 0.3) is 0 Å². The average Bonchev–Trinajstić information content (AvgIpc) is 2.46. The van der Waals surface area contributed by atoms with E-state index in [0.717, 1.165) is 19.3 Å². The highest BCUT2D eigenvalue weighted by atomic mass is 35.5. The van der Waals surface area contributed by atoms with Crippen molar-refractivity contribution in [1.82, 2.24) is 5.32 Å². The van der Waals surface area contributed by atoms with Crippen molar-refractivity contribution in [3.63, 3.8) is 0 Å². The van der Waals surface area contributed by atoms with E-state index in [1.54, 1.807) is 0 Å². The van der Waals surface area contributed by atoms with Crippen LogP contribution in [0.1, 0.15) is 19.3 Å². The van der Waals surface area contributed by atoms with Crippen molar-refractivity contribution in [2.24, 2.45) is 0 Å². The second kappa shape index (κ2) is 4.64. The van der Waals surface area contributed by atoms with E-state index in [0.29, 0.717) is 11.6 Å². The highest BCUT2D eigenvalue weighted by Crippen LogP contribution is 2.25. The normalized spacial score (nSPS) is 27.9. The minimum atomic E-state index is -2.93. The van der Waals surface area contributed by atoms with E-state index in [9.17, 15) is 8.42 Å². The van der Waals surface area contributed by atoms with Crippen molar-refractivity contribution in [3.05, 3.63) is 11.6 Å². The molecule has 0 aromatic carbocycles. The SMILES string of the molecule is C=C(Cl)CNC1CCCC1S(C)(=O)=O. The quantitative estimate of drug-likeness (QED) is 0.802. The van der Waals surface area contributed by atoms with Gasteiger partial charge < -0.3 is 5.32 Å². The molecule has 0 amide bonds. The van der Waals surface area contributed by atoms with E-state index in [1.807, 2.05) is 0 Å². The topological polar surface area (TPSA) is 46.2 Å². The molecule has 3 nitrogen and oxygen atoms in total. The Morgan fingerprint density at radius 3 is 2.71 bits per heavy atom. The molecular weight excluding hydrogens is 222 g/mol. The Balaban J connectivity index is 2.56. The van der Waals surface area contributed by atoms with Gasteiger partial charge in [-0.1, -0.05) is 24.6 Å². The van der Waals surface area contributed by atoms with Gasteiger partial charge in [0.25, 0.3) is 0 Å². The number of halogens is 1. The van der Waals surface area contributed by atoms with Crippen LogP contribution in [0.4, 0.5) is 0 Å². The predicted octanol–water partition coefficient (Wildman–Crippen LogP) is 1.29. The number of sulfone groups is 1. The zero-order valence-electron chi connectivity index (χ0n) is 8.29. The van der Waals surface area contributed by atoms with Crippen LogP contribution in [0.2, 0.25) is 0 Å². The Kier molecular flexibility index (Phi) is 3.98. The van der Waals surface area contributed by atoms with Crippen molar-refractivity contribution in [1.29, 1.82) is 0 Å². The van der Waals surface area contributed by atoms with Crippen molar-refractivity contribution in [2.45, 2.75) is 30.6 Å². The standard InChI is InChI=1S/C9H16ClNO2S/c1-7(10)6-11-8-4-3-5-9(8)14(2,12)13/h8-9,11H,1,3-6H2,2H3. The summed E-state index contributed by atoms with van der Waals surface area (Å²) < 4.78 is 22.8. The van der Waals surface area contributed by atoms with Gasteiger partial charge in [-0.15, -0.1) is 0 Å². The van der Waals surface area contributed by atoms with Gasteiger partial charge in [0.15, 0.2) is 9.84 Å². The molecule has 0 saturated heterocycles. The maximum atomic E-state index is 11.4. The largest absolute Gasteiger partial charge is 0.308 e. The van der Waals surface area contributed by atoms with Crippen molar-refractivity contribution < 1.29 is 8.42 Å². The van der Waals surface area contributed by atoms with Gasteiger partial charge in [-0.3, -0.25) is 0 Å². The Bertz CT molecular complexity index is 313. The van der Waals surface area contributed by atoms with Crippen LogP contribution in [-0.4, -0.2) is 32.5 Å². The predicted molar refractivity (Wildman–Crippen MR) is 59.3 cm³/mol. The highest BCUT2D eigenvalue weighted by molar-refractivity contribution is 7.91. The first kappa shape index (κ1) is 12.0. The first-order valence-corrected chi connectivity index (χ1v) is 7.00. The minimum Gasteiger partial charge on any atom is -0.308 e. The summed E-state index contributed by atoms with van der Waals surface area (Å²) >= 11 is 5.61. The molecule has 14 heavy (non-hydrogen) atoms. The molecule has 1 aliphatic carbocycles. The number of hydrogen-bond acceptors (Lipinski definition) is 3. The van der Waals surface area contributed by atoms with E-state index >= 15 is 0 Å². The third kappa shape index (κ3) is 3.26. The molecule has 2 unspecified atom stereocenters. The van der Waals surface area contributed by atoms with E-state index in [-0.39, 0.29) is 11.3 Å².